The molecule has 0 unspecified atom stereocenters. The van der Waals surface area contributed by atoms with Crippen molar-refractivity contribution in [3.8, 4) is 11.5 Å². The molecule has 0 amide bonds. The Balaban J connectivity index is 2.48. The highest BCUT2D eigenvalue weighted by Crippen LogP contribution is 2.29. The van der Waals surface area contributed by atoms with Crippen LogP contribution in [0.25, 0.3) is 0 Å². The fourth-order valence-corrected chi connectivity index (χ4v) is 1.19. The van der Waals surface area contributed by atoms with Crippen LogP contribution in [0, 0.1) is 17.4 Å². The summed E-state index contributed by atoms with van der Waals surface area (Å²) in [5.74, 6) is 3.24. The first-order valence-corrected chi connectivity index (χ1v) is 7.56. The van der Waals surface area contributed by atoms with Gasteiger partial charge in [-0.3, -0.25) is 4.79 Å². The van der Waals surface area contributed by atoms with Crippen LogP contribution in [0.1, 0.15) is 12.8 Å². The molecule has 0 aromatic rings. The third kappa shape index (κ3) is 3.38. The topological polar surface area (TPSA) is 17.1 Å². The summed E-state index contributed by atoms with van der Waals surface area (Å²) >= 11 is 0. The predicted octanol–water partition coefficient (Wildman–Crippen LogP) is 1.85. The molecule has 0 N–H and O–H groups in total. The lowest BCUT2D eigenvalue weighted by Crippen LogP contribution is -2.17. The molecule has 1 aliphatic rings. The van der Waals surface area contributed by atoms with Gasteiger partial charge in [0.1, 0.15) is 8.07 Å². The zero-order valence-electron chi connectivity index (χ0n) is 7.40. The Kier molecular flexibility index (Phi) is 2.19. The maximum Gasteiger partial charge on any atom is 0.207 e. The molecule has 2 heteroatoms. The van der Waals surface area contributed by atoms with Gasteiger partial charge < -0.3 is 0 Å². The summed E-state index contributed by atoms with van der Waals surface area (Å²) < 4.78 is 0. The van der Waals surface area contributed by atoms with E-state index < -0.39 is 8.07 Å². The minimum Gasteiger partial charge on any atom is -0.285 e. The van der Waals surface area contributed by atoms with Crippen molar-refractivity contribution < 1.29 is 4.79 Å². The zero-order chi connectivity index (χ0) is 8.48. The van der Waals surface area contributed by atoms with Gasteiger partial charge in [-0.2, -0.15) is 0 Å². The van der Waals surface area contributed by atoms with Crippen molar-refractivity contribution in [1.29, 1.82) is 0 Å². The molecule has 0 aromatic carbocycles. The van der Waals surface area contributed by atoms with Crippen LogP contribution in [-0.4, -0.2) is 13.9 Å². The molecular weight excluding hydrogens is 152 g/mol. The maximum atomic E-state index is 11.1. The molecule has 60 valence electrons. The van der Waals surface area contributed by atoms with Gasteiger partial charge in [0.05, 0.1) is 0 Å². The van der Waals surface area contributed by atoms with Crippen molar-refractivity contribution in [3.05, 3.63) is 0 Å². The highest BCUT2D eigenvalue weighted by atomic mass is 28.3. The molecule has 0 heterocycles. The van der Waals surface area contributed by atoms with E-state index in [2.05, 4.69) is 31.1 Å². The summed E-state index contributed by atoms with van der Waals surface area (Å²) in [7, 11) is -1.32. The first-order valence-electron chi connectivity index (χ1n) is 4.06. The second-order valence-electron chi connectivity index (χ2n) is 4.14. The van der Waals surface area contributed by atoms with Crippen LogP contribution in [0.3, 0.4) is 0 Å². The fraction of sp³-hybridized carbons (Fsp3) is 0.667. The average molecular weight is 166 g/mol. The van der Waals surface area contributed by atoms with E-state index in [1.54, 1.807) is 0 Å². The van der Waals surface area contributed by atoms with Crippen LogP contribution in [-0.2, 0) is 4.79 Å². The van der Waals surface area contributed by atoms with E-state index in [0.29, 0.717) is 5.92 Å². The summed E-state index contributed by atoms with van der Waals surface area (Å²) in [6.07, 6.45) is 2.14. The van der Waals surface area contributed by atoms with Crippen molar-refractivity contribution in [2.24, 2.45) is 5.92 Å². The van der Waals surface area contributed by atoms with Crippen molar-refractivity contribution >= 4 is 13.9 Å². The van der Waals surface area contributed by atoms with E-state index in [9.17, 15) is 4.79 Å². The molecule has 0 saturated heterocycles. The van der Waals surface area contributed by atoms with Crippen LogP contribution < -0.4 is 0 Å². The molecular formula is C9H14OSi. The minimum absolute atomic E-state index is 0.174. The lowest BCUT2D eigenvalue weighted by molar-refractivity contribution is -0.114. The molecule has 0 bridgehead atoms. The van der Waals surface area contributed by atoms with E-state index >= 15 is 0 Å². The average Bonchev–Trinajstić information content (AvgIpc) is 2.61. The molecule has 1 rings (SSSR count). The van der Waals surface area contributed by atoms with Crippen molar-refractivity contribution in [2.75, 3.05) is 0 Å². The van der Waals surface area contributed by atoms with Crippen LogP contribution in [0.5, 0.6) is 0 Å². The largest absolute Gasteiger partial charge is 0.285 e. The van der Waals surface area contributed by atoms with E-state index in [1.165, 1.54) is 0 Å². The summed E-state index contributed by atoms with van der Waals surface area (Å²) in [6, 6.07) is 0. The van der Waals surface area contributed by atoms with Crippen molar-refractivity contribution in [1.82, 2.24) is 0 Å². The molecule has 0 spiro atoms. The summed E-state index contributed by atoms with van der Waals surface area (Å²) in [6.45, 7) is 6.46. The van der Waals surface area contributed by atoms with Gasteiger partial charge in [-0.25, -0.2) is 0 Å². The highest BCUT2D eigenvalue weighted by molar-refractivity contribution is 6.84. The molecule has 1 fully saturated rings. The third-order valence-corrected chi connectivity index (χ3v) is 2.38. The van der Waals surface area contributed by atoms with E-state index in [-0.39, 0.29) is 5.78 Å². The molecule has 0 aliphatic heterocycles. The smallest absolute Gasteiger partial charge is 0.207 e. The quantitative estimate of drug-likeness (QED) is 0.429. The Morgan fingerprint density at radius 3 is 2.27 bits per heavy atom. The molecule has 0 aromatic heterocycles. The number of hydrogen-bond donors (Lipinski definition) is 0. The monoisotopic (exact) mass is 166 g/mol. The Hall–Kier alpha value is -0.553. The molecule has 1 aliphatic carbocycles. The van der Waals surface area contributed by atoms with Crippen LogP contribution in [0.4, 0.5) is 0 Å². The van der Waals surface area contributed by atoms with Gasteiger partial charge in [-0.1, -0.05) is 19.6 Å². The first-order chi connectivity index (χ1) is 4.99. The van der Waals surface area contributed by atoms with Crippen LogP contribution in [0.2, 0.25) is 19.6 Å². The predicted molar refractivity (Wildman–Crippen MR) is 48.9 cm³/mol. The lowest BCUT2D eigenvalue weighted by atomic mass is 10.3. The van der Waals surface area contributed by atoms with Gasteiger partial charge in [-0.15, -0.1) is 5.54 Å². The Morgan fingerprint density at radius 1 is 1.36 bits per heavy atom. The van der Waals surface area contributed by atoms with E-state index in [1.807, 2.05) is 0 Å². The number of ketones is 1. The number of hydrogen-bond acceptors (Lipinski definition) is 1. The normalized spacial score (nSPS) is 17.0. The SMILES string of the molecule is C[Si](C)(C)C#CC(=O)C1CC1. The Bertz CT molecular complexity index is 222. The van der Waals surface area contributed by atoms with Crippen LogP contribution >= 0.6 is 0 Å². The van der Waals surface area contributed by atoms with Gasteiger partial charge in [0.2, 0.25) is 5.78 Å². The number of carbonyl (C=O) groups excluding carboxylic acids is 1. The van der Waals surface area contributed by atoms with E-state index in [0.717, 1.165) is 12.8 Å². The minimum atomic E-state index is -1.32. The highest BCUT2D eigenvalue weighted by Gasteiger charge is 2.28. The lowest BCUT2D eigenvalue weighted by Gasteiger charge is -2.02. The summed E-state index contributed by atoms with van der Waals surface area (Å²) in [4.78, 5) is 11.1. The molecule has 1 nitrogen and oxygen atoms in total. The molecule has 0 radical (unpaired) electrons. The fourth-order valence-electron chi connectivity index (χ4n) is 0.697. The number of Topliss-reactive ketones (excluding diaryl/α,β-unsaturated/α-hetero) is 1. The molecule has 1 saturated carbocycles. The van der Waals surface area contributed by atoms with Gasteiger partial charge in [0, 0.05) is 5.92 Å². The Labute approximate surface area is 69.2 Å². The van der Waals surface area contributed by atoms with Crippen molar-refractivity contribution in [2.45, 2.75) is 32.5 Å². The van der Waals surface area contributed by atoms with Gasteiger partial charge in [0.25, 0.3) is 0 Å². The molecule has 0 atom stereocenters. The van der Waals surface area contributed by atoms with Gasteiger partial charge in [-0.05, 0) is 18.8 Å². The second kappa shape index (κ2) is 2.82. The first kappa shape index (κ1) is 8.54. The van der Waals surface area contributed by atoms with E-state index in [4.69, 9.17) is 0 Å². The second-order valence-corrected chi connectivity index (χ2v) is 8.89. The number of carbonyl (C=O) groups is 1. The van der Waals surface area contributed by atoms with Crippen molar-refractivity contribution in [3.63, 3.8) is 0 Å². The summed E-state index contributed by atoms with van der Waals surface area (Å²) in [5.41, 5.74) is 3.08. The molecule has 11 heavy (non-hydrogen) atoms. The standard InChI is InChI=1S/C9H14OSi/c1-11(2,3)7-6-9(10)8-4-5-8/h8H,4-5H2,1-3H3. The zero-order valence-corrected chi connectivity index (χ0v) is 8.40. The van der Waals surface area contributed by atoms with Crippen LogP contribution in [0.15, 0.2) is 0 Å². The van der Waals surface area contributed by atoms with Gasteiger partial charge >= 0.3 is 0 Å². The van der Waals surface area contributed by atoms with Gasteiger partial charge in [0.15, 0.2) is 0 Å². The third-order valence-electron chi connectivity index (χ3n) is 1.51. The number of rotatable bonds is 1. The Morgan fingerprint density at radius 2 is 1.91 bits per heavy atom. The maximum absolute atomic E-state index is 11.1. The summed E-state index contributed by atoms with van der Waals surface area (Å²) in [5, 5.41) is 0.